The molecule has 0 heterocycles. The Morgan fingerprint density at radius 3 is 2.16 bits per heavy atom. The fraction of sp³-hybridized carbons (Fsp3) is 0.250. The molecule has 0 fully saturated rings. The summed E-state index contributed by atoms with van der Waals surface area (Å²) in [5.41, 5.74) is 0.205. The van der Waals surface area contributed by atoms with Crippen molar-refractivity contribution in [1.29, 1.82) is 0 Å². The summed E-state index contributed by atoms with van der Waals surface area (Å²) in [7, 11) is 2.52. The maximum absolute atomic E-state index is 11.8. The van der Waals surface area contributed by atoms with E-state index < -0.39 is 23.9 Å². The number of amides is 1. The van der Waals surface area contributed by atoms with E-state index in [0.29, 0.717) is 5.75 Å². The molecule has 0 saturated carbocycles. The highest BCUT2D eigenvalue weighted by molar-refractivity contribution is 6.05. The lowest BCUT2D eigenvalue weighted by Crippen LogP contribution is -2.47. The average Bonchev–Trinajstić information content (AvgIpc) is 2.43. The van der Waals surface area contributed by atoms with E-state index >= 15 is 0 Å². The Morgan fingerprint density at radius 2 is 1.74 bits per heavy atom. The Morgan fingerprint density at radius 1 is 1.16 bits per heavy atom. The molecule has 0 bridgehead atoms. The molecule has 0 saturated heterocycles. The zero-order chi connectivity index (χ0) is 14.4. The van der Waals surface area contributed by atoms with E-state index in [0.717, 1.165) is 7.11 Å². The van der Waals surface area contributed by atoms with Crippen molar-refractivity contribution in [2.75, 3.05) is 14.2 Å². The molecule has 2 N–H and O–H groups in total. The molecular formula is C12H13NO6. The van der Waals surface area contributed by atoms with Gasteiger partial charge in [0.05, 0.1) is 14.2 Å². The molecule has 19 heavy (non-hydrogen) atoms. The summed E-state index contributed by atoms with van der Waals surface area (Å²) < 4.78 is 9.22. The second kappa shape index (κ2) is 6.39. The summed E-state index contributed by atoms with van der Waals surface area (Å²) in [5.74, 6) is -2.68. The van der Waals surface area contributed by atoms with Gasteiger partial charge in [-0.05, 0) is 24.3 Å². The number of rotatable bonds is 5. The lowest BCUT2D eigenvalue weighted by atomic mass is 10.2. The number of aliphatic carboxylic acids is 1. The highest BCUT2D eigenvalue weighted by Crippen LogP contribution is 2.11. The van der Waals surface area contributed by atoms with Crippen molar-refractivity contribution in [3.05, 3.63) is 29.8 Å². The van der Waals surface area contributed by atoms with Crippen LogP contribution < -0.4 is 10.1 Å². The molecule has 1 amide bonds. The van der Waals surface area contributed by atoms with Crippen LogP contribution in [0.5, 0.6) is 5.75 Å². The fourth-order valence-corrected chi connectivity index (χ4v) is 1.30. The number of methoxy groups -OCH3 is 2. The molecule has 1 aromatic rings. The molecule has 1 atom stereocenters. The van der Waals surface area contributed by atoms with Gasteiger partial charge in [-0.15, -0.1) is 0 Å². The van der Waals surface area contributed by atoms with Gasteiger partial charge in [0, 0.05) is 5.56 Å². The van der Waals surface area contributed by atoms with Crippen molar-refractivity contribution in [1.82, 2.24) is 5.32 Å². The van der Waals surface area contributed by atoms with Crippen LogP contribution in [0, 0.1) is 0 Å². The van der Waals surface area contributed by atoms with Crippen LogP contribution in [-0.2, 0) is 14.3 Å². The summed E-state index contributed by atoms with van der Waals surface area (Å²) in [5, 5.41) is 10.9. The third-order valence-electron chi connectivity index (χ3n) is 2.31. The molecule has 0 aromatic heterocycles. The van der Waals surface area contributed by atoms with Gasteiger partial charge < -0.3 is 19.9 Å². The van der Waals surface area contributed by atoms with E-state index in [1.54, 1.807) is 12.1 Å². The molecule has 1 rings (SSSR count). The lowest BCUT2D eigenvalue weighted by Gasteiger charge is -2.12. The number of ether oxygens (including phenoxy) is 2. The number of carboxylic acid groups (broad SMARTS) is 1. The van der Waals surface area contributed by atoms with Crippen LogP contribution in [0.3, 0.4) is 0 Å². The van der Waals surface area contributed by atoms with E-state index in [1.807, 2.05) is 0 Å². The lowest BCUT2D eigenvalue weighted by molar-refractivity contribution is -0.152. The van der Waals surface area contributed by atoms with E-state index in [9.17, 15) is 14.4 Å². The van der Waals surface area contributed by atoms with Gasteiger partial charge in [-0.2, -0.15) is 0 Å². The molecule has 102 valence electrons. The second-order valence-electron chi connectivity index (χ2n) is 3.50. The van der Waals surface area contributed by atoms with E-state index in [2.05, 4.69) is 10.1 Å². The Bertz CT molecular complexity index is 481. The zero-order valence-electron chi connectivity index (χ0n) is 10.4. The first-order valence-corrected chi connectivity index (χ1v) is 5.25. The molecule has 7 nitrogen and oxygen atoms in total. The van der Waals surface area contributed by atoms with Crippen LogP contribution >= 0.6 is 0 Å². The van der Waals surface area contributed by atoms with Gasteiger partial charge >= 0.3 is 11.9 Å². The Labute approximate surface area is 109 Å². The number of carbonyl (C=O) groups is 3. The minimum atomic E-state index is -1.74. The first kappa shape index (κ1) is 14.5. The van der Waals surface area contributed by atoms with Crippen LogP contribution in [0.1, 0.15) is 10.4 Å². The number of benzene rings is 1. The third kappa shape index (κ3) is 3.70. The first-order valence-electron chi connectivity index (χ1n) is 5.25. The quantitative estimate of drug-likeness (QED) is 0.577. The SMILES string of the molecule is COC(=O)C(NC(=O)c1ccc(OC)cc1)C(=O)O. The highest BCUT2D eigenvalue weighted by atomic mass is 16.5. The number of carboxylic acids is 1. The molecule has 7 heteroatoms. The average molecular weight is 267 g/mol. The minimum absolute atomic E-state index is 0.205. The summed E-state index contributed by atoms with van der Waals surface area (Å²) in [6.07, 6.45) is 0. The Kier molecular flexibility index (Phi) is 4.87. The Balaban J connectivity index is 2.81. The second-order valence-corrected chi connectivity index (χ2v) is 3.50. The first-order chi connectivity index (χ1) is 8.99. The van der Waals surface area contributed by atoms with Crippen molar-refractivity contribution in [2.45, 2.75) is 6.04 Å². The van der Waals surface area contributed by atoms with Gasteiger partial charge in [0.15, 0.2) is 0 Å². The van der Waals surface area contributed by atoms with Crippen LogP contribution in [0.4, 0.5) is 0 Å². The summed E-state index contributed by atoms with van der Waals surface area (Å²) in [4.78, 5) is 33.8. The van der Waals surface area contributed by atoms with Crippen molar-refractivity contribution in [3.63, 3.8) is 0 Å². The van der Waals surface area contributed by atoms with Gasteiger partial charge in [-0.25, -0.2) is 9.59 Å². The molecule has 1 aromatic carbocycles. The normalized spacial score (nSPS) is 11.3. The molecule has 0 aliphatic rings. The minimum Gasteiger partial charge on any atom is -0.497 e. The van der Waals surface area contributed by atoms with E-state index in [1.165, 1.54) is 19.2 Å². The van der Waals surface area contributed by atoms with Crippen LogP contribution in [0.25, 0.3) is 0 Å². The van der Waals surface area contributed by atoms with Gasteiger partial charge in [0.1, 0.15) is 5.75 Å². The summed E-state index contributed by atoms with van der Waals surface area (Å²) in [6.45, 7) is 0. The highest BCUT2D eigenvalue weighted by Gasteiger charge is 2.29. The van der Waals surface area contributed by atoms with Crippen molar-refractivity contribution >= 4 is 17.8 Å². The van der Waals surface area contributed by atoms with Gasteiger partial charge in [0.25, 0.3) is 5.91 Å². The smallest absolute Gasteiger partial charge is 0.340 e. The monoisotopic (exact) mass is 267 g/mol. The Hall–Kier alpha value is -2.57. The predicted octanol–water partition coefficient (Wildman–Crippen LogP) is 0.0512. The van der Waals surface area contributed by atoms with Gasteiger partial charge in [-0.3, -0.25) is 4.79 Å². The van der Waals surface area contributed by atoms with Crippen molar-refractivity contribution in [2.24, 2.45) is 0 Å². The third-order valence-corrected chi connectivity index (χ3v) is 2.31. The van der Waals surface area contributed by atoms with Crippen LogP contribution in [0.15, 0.2) is 24.3 Å². The molecule has 0 aliphatic heterocycles. The summed E-state index contributed by atoms with van der Waals surface area (Å²) in [6, 6.07) is 4.25. The van der Waals surface area contributed by atoms with Crippen LogP contribution in [0.2, 0.25) is 0 Å². The molecule has 0 spiro atoms. The number of esters is 1. The number of nitrogens with one attached hydrogen (secondary N) is 1. The standard InChI is InChI=1S/C12H13NO6/c1-18-8-5-3-7(4-6-8)10(14)13-9(11(15)16)12(17)19-2/h3-6,9H,1-2H3,(H,13,14)(H,15,16). The predicted molar refractivity (Wildman–Crippen MR) is 63.9 cm³/mol. The van der Waals surface area contributed by atoms with Crippen molar-refractivity contribution in [3.8, 4) is 5.75 Å². The van der Waals surface area contributed by atoms with Gasteiger partial charge in [0.2, 0.25) is 6.04 Å². The van der Waals surface area contributed by atoms with E-state index in [-0.39, 0.29) is 5.56 Å². The maximum Gasteiger partial charge on any atom is 0.340 e. The zero-order valence-corrected chi connectivity index (χ0v) is 10.4. The molecule has 1 unspecified atom stereocenters. The summed E-state index contributed by atoms with van der Waals surface area (Å²) >= 11 is 0. The van der Waals surface area contributed by atoms with Gasteiger partial charge in [-0.1, -0.05) is 0 Å². The molecular weight excluding hydrogens is 254 g/mol. The largest absolute Gasteiger partial charge is 0.497 e. The molecule has 0 aliphatic carbocycles. The van der Waals surface area contributed by atoms with Crippen molar-refractivity contribution < 1.29 is 29.0 Å². The topological polar surface area (TPSA) is 102 Å². The molecule has 0 radical (unpaired) electrons. The number of carbonyl (C=O) groups excluding carboxylic acids is 2. The van der Waals surface area contributed by atoms with Crippen LogP contribution in [-0.4, -0.2) is 43.2 Å². The van der Waals surface area contributed by atoms with E-state index in [4.69, 9.17) is 9.84 Å². The fourth-order valence-electron chi connectivity index (χ4n) is 1.30. The number of hydrogen-bond donors (Lipinski definition) is 2. The number of hydrogen-bond acceptors (Lipinski definition) is 5. The maximum atomic E-state index is 11.8.